The SMILES string of the molecule is Cc1cccc(NC(=O)N(CCC(=O)N[C@@H](C)c2ccccc2)CC(C)C)c1. The van der Waals surface area contributed by atoms with Gasteiger partial charge < -0.3 is 15.5 Å². The summed E-state index contributed by atoms with van der Waals surface area (Å²) in [4.78, 5) is 26.8. The molecule has 5 nitrogen and oxygen atoms in total. The van der Waals surface area contributed by atoms with E-state index in [-0.39, 0.29) is 24.4 Å². The molecular weight excluding hydrogens is 350 g/mol. The molecule has 5 heteroatoms. The normalized spacial score (nSPS) is 11.8. The molecule has 0 aliphatic carbocycles. The number of hydrogen-bond donors (Lipinski definition) is 2. The number of anilines is 1. The van der Waals surface area contributed by atoms with Crippen LogP contribution in [0.4, 0.5) is 10.5 Å². The van der Waals surface area contributed by atoms with E-state index in [0.717, 1.165) is 16.8 Å². The van der Waals surface area contributed by atoms with Crippen LogP contribution in [-0.2, 0) is 4.79 Å². The molecule has 2 N–H and O–H groups in total. The molecule has 0 fully saturated rings. The number of amides is 3. The van der Waals surface area contributed by atoms with E-state index in [1.165, 1.54) is 0 Å². The Morgan fingerprint density at radius 2 is 1.71 bits per heavy atom. The Morgan fingerprint density at radius 3 is 2.36 bits per heavy atom. The monoisotopic (exact) mass is 381 g/mol. The molecule has 2 rings (SSSR count). The highest BCUT2D eigenvalue weighted by atomic mass is 16.2. The minimum absolute atomic E-state index is 0.0616. The van der Waals surface area contributed by atoms with Gasteiger partial charge in [-0.15, -0.1) is 0 Å². The van der Waals surface area contributed by atoms with Crippen molar-refractivity contribution in [3.63, 3.8) is 0 Å². The van der Waals surface area contributed by atoms with Crippen LogP contribution in [0.5, 0.6) is 0 Å². The molecule has 3 amide bonds. The Labute approximate surface area is 168 Å². The third-order valence-electron chi connectivity index (χ3n) is 4.43. The summed E-state index contributed by atoms with van der Waals surface area (Å²) in [6.07, 6.45) is 0.269. The van der Waals surface area contributed by atoms with E-state index in [4.69, 9.17) is 0 Å². The third-order valence-corrected chi connectivity index (χ3v) is 4.43. The number of carbonyl (C=O) groups excluding carboxylic acids is 2. The van der Waals surface area contributed by atoms with Crippen molar-refractivity contribution in [2.24, 2.45) is 5.92 Å². The summed E-state index contributed by atoms with van der Waals surface area (Å²) >= 11 is 0. The van der Waals surface area contributed by atoms with E-state index < -0.39 is 0 Å². The summed E-state index contributed by atoms with van der Waals surface area (Å²) in [5, 5.41) is 5.94. The van der Waals surface area contributed by atoms with Gasteiger partial charge in [-0.3, -0.25) is 4.79 Å². The summed E-state index contributed by atoms with van der Waals surface area (Å²) in [7, 11) is 0. The smallest absolute Gasteiger partial charge is 0.321 e. The van der Waals surface area contributed by atoms with E-state index in [1.807, 2.05) is 68.4 Å². The second-order valence-electron chi connectivity index (χ2n) is 7.59. The number of benzene rings is 2. The molecule has 0 spiro atoms. The van der Waals surface area contributed by atoms with Gasteiger partial charge in [-0.05, 0) is 43.0 Å². The minimum atomic E-state index is -0.178. The molecule has 1 atom stereocenters. The summed E-state index contributed by atoms with van der Waals surface area (Å²) in [6, 6.07) is 17.3. The Balaban J connectivity index is 1.91. The standard InChI is InChI=1S/C23H31N3O2/c1-17(2)16-26(23(28)25-21-12-8-9-18(3)15-21)14-13-22(27)24-19(4)20-10-6-5-7-11-20/h5-12,15,17,19H,13-14,16H2,1-4H3,(H,24,27)(H,25,28)/t19-/m0/s1. The largest absolute Gasteiger partial charge is 0.350 e. The summed E-state index contributed by atoms with van der Waals surface area (Å²) < 4.78 is 0. The third kappa shape index (κ3) is 7.06. The van der Waals surface area contributed by atoms with Crippen molar-refractivity contribution in [2.75, 3.05) is 18.4 Å². The van der Waals surface area contributed by atoms with Crippen molar-refractivity contribution in [3.05, 3.63) is 65.7 Å². The molecule has 28 heavy (non-hydrogen) atoms. The fourth-order valence-electron chi connectivity index (χ4n) is 3.02. The van der Waals surface area contributed by atoms with Gasteiger partial charge in [0.05, 0.1) is 6.04 Å². The molecule has 0 saturated heterocycles. The molecule has 0 heterocycles. The minimum Gasteiger partial charge on any atom is -0.350 e. The van der Waals surface area contributed by atoms with Crippen molar-refractivity contribution in [1.82, 2.24) is 10.2 Å². The van der Waals surface area contributed by atoms with Crippen molar-refractivity contribution in [3.8, 4) is 0 Å². The molecule has 0 aromatic heterocycles. The fraction of sp³-hybridized carbons (Fsp3) is 0.391. The molecule has 2 aromatic rings. The summed E-state index contributed by atoms with van der Waals surface area (Å²) in [5.74, 6) is 0.253. The van der Waals surface area contributed by atoms with Crippen LogP contribution in [0.15, 0.2) is 54.6 Å². The van der Waals surface area contributed by atoms with Crippen LogP contribution in [0, 0.1) is 12.8 Å². The summed E-state index contributed by atoms with van der Waals surface area (Å²) in [6.45, 7) is 9.04. The molecule has 0 aliphatic heterocycles. The molecular formula is C23H31N3O2. The molecule has 0 unspecified atom stereocenters. The predicted molar refractivity (Wildman–Crippen MR) is 114 cm³/mol. The number of nitrogens with zero attached hydrogens (tertiary/aromatic N) is 1. The van der Waals surface area contributed by atoms with Gasteiger partial charge in [-0.1, -0.05) is 56.3 Å². The van der Waals surface area contributed by atoms with Crippen LogP contribution in [0.3, 0.4) is 0 Å². The number of aryl methyl sites for hydroxylation is 1. The van der Waals surface area contributed by atoms with Gasteiger partial charge in [0.25, 0.3) is 0 Å². The molecule has 0 aliphatic rings. The van der Waals surface area contributed by atoms with Crippen LogP contribution in [0.1, 0.15) is 44.4 Å². The van der Waals surface area contributed by atoms with Crippen LogP contribution in [-0.4, -0.2) is 29.9 Å². The zero-order valence-corrected chi connectivity index (χ0v) is 17.2. The topological polar surface area (TPSA) is 61.4 Å². The van der Waals surface area contributed by atoms with E-state index in [2.05, 4.69) is 24.5 Å². The average molecular weight is 382 g/mol. The molecule has 0 bridgehead atoms. The Hall–Kier alpha value is -2.82. The molecule has 150 valence electrons. The van der Waals surface area contributed by atoms with Crippen LogP contribution < -0.4 is 10.6 Å². The first-order chi connectivity index (χ1) is 13.3. The highest BCUT2D eigenvalue weighted by Crippen LogP contribution is 2.13. The average Bonchev–Trinajstić information content (AvgIpc) is 2.65. The first kappa shape index (κ1) is 21.5. The first-order valence-electron chi connectivity index (χ1n) is 9.82. The van der Waals surface area contributed by atoms with Gasteiger partial charge in [0, 0.05) is 25.2 Å². The quantitative estimate of drug-likeness (QED) is 0.693. The maximum absolute atomic E-state index is 12.7. The van der Waals surface area contributed by atoms with Gasteiger partial charge in [-0.2, -0.15) is 0 Å². The molecule has 0 saturated carbocycles. The maximum Gasteiger partial charge on any atom is 0.321 e. The van der Waals surface area contributed by atoms with Crippen molar-refractivity contribution >= 4 is 17.6 Å². The highest BCUT2D eigenvalue weighted by molar-refractivity contribution is 5.89. The fourth-order valence-corrected chi connectivity index (χ4v) is 3.02. The second-order valence-corrected chi connectivity index (χ2v) is 7.59. The number of urea groups is 1. The zero-order chi connectivity index (χ0) is 20.5. The van der Waals surface area contributed by atoms with Crippen molar-refractivity contribution in [2.45, 2.75) is 40.2 Å². The number of hydrogen-bond acceptors (Lipinski definition) is 2. The van der Waals surface area contributed by atoms with E-state index in [0.29, 0.717) is 19.0 Å². The van der Waals surface area contributed by atoms with E-state index in [1.54, 1.807) is 4.90 Å². The van der Waals surface area contributed by atoms with Crippen LogP contribution in [0.25, 0.3) is 0 Å². The lowest BCUT2D eigenvalue weighted by molar-refractivity contribution is -0.121. The van der Waals surface area contributed by atoms with Gasteiger partial charge in [-0.25, -0.2) is 4.79 Å². The van der Waals surface area contributed by atoms with Gasteiger partial charge in [0.1, 0.15) is 0 Å². The van der Waals surface area contributed by atoms with Gasteiger partial charge >= 0.3 is 6.03 Å². The van der Waals surface area contributed by atoms with Gasteiger partial charge in [0.15, 0.2) is 0 Å². The van der Waals surface area contributed by atoms with Crippen LogP contribution >= 0.6 is 0 Å². The lowest BCUT2D eigenvalue weighted by Gasteiger charge is -2.25. The maximum atomic E-state index is 12.7. The number of rotatable bonds is 8. The second kappa shape index (κ2) is 10.5. The number of nitrogens with one attached hydrogen (secondary N) is 2. The van der Waals surface area contributed by atoms with E-state index in [9.17, 15) is 9.59 Å². The Kier molecular flexibility index (Phi) is 8.05. The summed E-state index contributed by atoms with van der Waals surface area (Å²) in [5.41, 5.74) is 2.91. The number of carbonyl (C=O) groups is 2. The lowest BCUT2D eigenvalue weighted by Crippen LogP contribution is -2.40. The van der Waals surface area contributed by atoms with E-state index >= 15 is 0 Å². The van der Waals surface area contributed by atoms with Crippen molar-refractivity contribution < 1.29 is 9.59 Å². The Morgan fingerprint density at radius 1 is 1.00 bits per heavy atom. The first-order valence-corrected chi connectivity index (χ1v) is 9.82. The Bertz CT molecular complexity index is 774. The van der Waals surface area contributed by atoms with Gasteiger partial charge in [0.2, 0.25) is 5.91 Å². The molecule has 0 radical (unpaired) electrons. The predicted octanol–water partition coefficient (Wildman–Crippen LogP) is 4.75. The zero-order valence-electron chi connectivity index (χ0n) is 17.2. The van der Waals surface area contributed by atoms with Crippen molar-refractivity contribution in [1.29, 1.82) is 0 Å². The molecule has 2 aromatic carbocycles. The highest BCUT2D eigenvalue weighted by Gasteiger charge is 2.17. The van der Waals surface area contributed by atoms with Crippen LogP contribution in [0.2, 0.25) is 0 Å². The lowest BCUT2D eigenvalue weighted by atomic mass is 10.1.